The summed E-state index contributed by atoms with van der Waals surface area (Å²) in [5, 5.41) is -0.0155. The van der Waals surface area contributed by atoms with Crippen LogP contribution in [0.5, 0.6) is 0 Å². The van der Waals surface area contributed by atoms with E-state index in [1.807, 2.05) is 36.4 Å². The Morgan fingerprint density at radius 3 is 2.00 bits per heavy atom. The zero-order valence-corrected chi connectivity index (χ0v) is 17.6. The van der Waals surface area contributed by atoms with E-state index in [1.54, 1.807) is 24.3 Å². The van der Waals surface area contributed by atoms with Crippen molar-refractivity contribution in [2.24, 2.45) is 0 Å². The van der Waals surface area contributed by atoms with Crippen LogP contribution in [0.3, 0.4) is 0 Å². The highest BCUT2D eigenvalue weighted by atomic mass is 28.4. The molecule has 142 valence electrons. The zero-order valence-electron chi connectivity index (χ0n) is 16.6. The minimum Gasteiger partial charge on any atom is -0.403 e. The molecule has 3 rings (SSSR count). The van der Waals surface area contributed by atoms with Gasteiger partial charge in [0.15, 0.2) is 14.4 Å². The van der Waals surface area contributed by atoms with Crippen LogP contribution >= 0.6 is 0 Å². The Balaban J connectivity index is 1.94. The van der Waals surface area contributed by atoms with Crippen molar-refractivity contribution < 1.29 is 14.0 Å². The van der Waals surface area contributed by atoms with E-state index in [9.17, 15) is 9.59 Å². The summed E-state index contributed by atoms with van der Waals surface area (Å²) in [5.41, 5.74) is 1.43. The van der Waals surface area contributed by atoms with Gasteiger partial charge in [-0.05, 0) is 35.8 Å². The first-order valence-electron chi connectivity index (χ1n) is 9.29. The predicted octanol–water partition coefficient (Wildman–Crippen LogP) is 4.80. The molecule has 4 nitrogen and oxygen atoms in total. The second kappa shape index (κ2) is 7.06. The fourth-order valence-electron chi connectivity index (χ4n) is 2.99. The van der Waals surface area contributed by atoms with Crippen LogP contribution in [0.15, 0.2) is 60.7 Å². The number of imide groups is 1. The van der Waals surface area contributed by atoms with Gasteiger partial charge in [0.05, 0.1) is 6.04 Å². The van der Waals surface area contributed by atoms with Gasteiger partial charge in [-0.3, -0.25) is 14.5 Å². The van der Waals surface area contributed by atoms with Crippen molar-refractivity contribution in [1.82, 2.24) is 4.90 Å². The number of likely N-dealkylation sites (tertiary alicyclic amines) is 1. The van der Waals surface area contributed by atoms with E-state index in [4.69, 9.17) is 4.43 Å². The van der Waals surface area contributed by atoms with Crippen LogP contribution in [-0.4, -0.2) is 31.1 Å². The largest absolute Gasteiger partial charge is 0.403 e. The van der Waals surface area contributed by atoms with Gasteiger partial charge in [0.2, 0.25) is 0 Å². The molecule has 0 radical (unpaired) electrons. The maximum atomic E-state index is 13.0. The first-order valence-corrected chi connectivity index (χ1v) is 12.2. The Hall–Kier alpha value is -2.24. The highest BCUT2D eigenvalue weighted by molar-refractivity contribution is 6.74. The van der Waals surface area contributed by atoms with Gasteiger partial charge in [0, 0.05) is 5.56 Å². The summed E-state index contributed by atoms with van der Waals surface area (Å²) in [6, 6.07) is 18.2. The maximum Gasteiger partial charge on any atom is 0.261 e. The third-order valence-electron chi connectivity index (χ3n) is 5.65. The average molecular weight is 382 g/mol. The van der Waals surface area contributed by atoms with Gasteiger partial charge >= 0.3 is 0 Å². The Morgan fingerprint density at radius 1 is 0.963 bits per heavy atom. The summed E-state index contributed by atoms with van der Waals surface area (Å²) in [5.74, 6) is -0.521. The molecule has 2 aromatic carbocycles. The minimum atomic E-state index is -2.16. The lowest BCUT2D eigenvalue weighted by Gasteiger charge is -2.50. The molecule has 1 aliphatic rings. The lowest BCUT2D eigenvalue weighted by atomic mass is 9.90. The molecule has 5 heteroatoms. The Labute approximate surface area is 162 Å². The van der Waals surface area contributed by atoms with Crippen molar-refractivity contribution in [3.8, 4) is 0 Å². The summed E-state index contributed by atoms with van der Waals surface area (Å²) in [6.45, 7) is 10.7. The van der Waals surface area contributed by atoms with E-state index in [0.29, 0.717) is 5.56 Å². The van der Waals surface area contributed by atoms with Crippen LogP contribution in [0.2, 0.25) is 18.1 Å². The first kappa shape index (κ1) is 19.5. The molecule has 2 aromatic rings. The molecule has 0 aliphatic carbocycles. The molecule has 0 N–H and O–H groups in total. The average Bonchev–Trinajstić information content (AvgIpc) is 2.64. The van der Waals surface area contributed by atoms with Crippen LogP contribution in [0.25, 0.3) is 0 Å². The maximum absolute atomic E-state index is 13.0. The van der Waals surface area contributed by atoms with Gasteiger partial charge in [-0.25, -0.2) is 0 Å². The lowest BCUT2D eigenvalue weighted by molar-refractivity contribution is -0.158. The van der Waals surface area contributed by atoms with Gasteiger partial charge < -0.3 is 4.43 Å². The van der Waals surface area contributed by atoms with Crippen LogP contribution in [0.4, 0.5) is 0 Å². The van der Waals surface area contributed by atoms with E-state index in [1.165, 1.54) is 4.90 Å². The number of β-lactam (4-membered cyclic amide) rings is 1. The highest BCUT2D eigenvalue weighted by Crippen LogP contribution is 2.44. The summed E-state index contributed by atoms with van der Waals surface area (Å²) in [4.78, 5) is 27.3. The van der Waals surface area contributed by atoms with E-state index in [-0.39, 0.29) is 22.9 Å². The quantitative estimate of drug-likeness (QED) is 0.434. The van der Waals surface area contributed by atoms with Gasteiger partial charge in [0.1, 0.15) is 0 Å². The van der Waals surface area contributed by atoms with Crippen LogP contribution in [0, 0.1) is 0 Å². The number of rotatable bonds is 4. The third kappa shape index (κ3) is 3.62. The Morgan fingerprint density at radius 2 is 1.48 bits per heavy atom. The number of hydrogen-bond donors (Lipinski definition) is 0. The molecule has 27 heavy (non-hydrogen) atoms. The smallest absolute Gasteiger partial charge is 0.261 e. The summed E-state index contributed by atoms with van der Waals surface area (Å²) in [6.07, 6.45) is -0.610. The number of benzene rings is 2. The van der Waals surface area contributed by atoms with Crippen molar-refractivity contribution in [1.29, 1.82) is 0 Å². The standard InChI is InChI=1S/C22H27NO3Si/c1-22(2,3)27(4,5)26-19-18(16-12-8-6-9-13-16)23(21(19)25)20(24)17-14-10-7-11-15-17/h6-15,18-19H,1-5H3. The second-order valence-corrected chi connectivity index (χ2v) is 13.3. The molecule has 1 fully saturated rings. The normalized spacial score (nSPS) is 20.3. The number of hydrogen-bond acceptors (Lipinski definition) is 3. The van der Waals surface area contributed by atoms with E-state index in [2.05, 4.69) is 33.9 Å². The Kier molecular flexibility index (Phi) is 5.10. The SMILES string of the molecule is CC(C)(C)[Si](C)(C)OC1C(=O)N(C(=O)c2ccccc2)C1c1ccccc1. The molecular weight excluding hydrogens is 354 g/mol. The van der Waals surface area contributed by atoms with Crippen molar-refractivity contribution in [2.75, 3.05) is 0 Å². The number of carbonyl (C=O) groups excluding carboxylic acids is 2. The molecule has 0 bridgehead atoms. The number of nitrogens with zero attached hydrogens (tertiary/aromatic N) is 1. The summed E-state index contributed by atoms with van der Waals surface area (Å²) < 4.78 is 6.43. The monoisotopic (exact) mass is 381 g/mol. The van der Waals surface area contributed by atoms with E-state index >= 15 is 0 Å². The Bertz CT molecular complexity index is 828. The van der Waals surface area contributed by atoms with Gasteiger partial charge in [-0.15, -0.1) is 0 Å². The molecule has 1 aliphatic heterocycles. The number of carbonyl (C=O) groups is 2. The summed E-state index contributed by atoms with van der Waals surface area (Å²) in [7, 11) is -2.16. The molecule has 0 spiro atoms. The molecule has 1 heterocycles. The van der Waals surface area contributed by atoms with Gasteiger partial charge in [-0.1, -0.05) is 69.3 Å². The predicted molar refractivity (Wildman–Crippen MR) is 109 cm³/mol. The van der Waals surface area contributed by atoms with Crippen molar-refractivity contribution in [3.05, 3.63) is 71.8 Å². The van der Waals surface area contributed by atoms with Crippen LogP contribution in [-0.2, 0) is 9.22 Å². The molecule has 0 saturated carbocycles. The number of amides is 2. The molecule has 0 aromatic heterocycles. The van der Waals surface area contributed by atoms with Crippen LogP contribution in [0.1, 0.15) is 42.7 Å². The molecule has 2 amide bonds. The fraction of sp³-hybridized carbons (Fsp3) is 0.364. The molecular formula is C22H27NO3Si. The summed E-state index contributed by atoms with van der Waals surface area (Å²) >= 11 is 0. The van der Waals surface area contributed by atoms with Crippen LogP contribution < -0.4 is 0 Å². The minimum absolute atomic E-state index is 0.0155. The molecule has 1 saturated heterocycles. The van der Waals surface area contributed by atoms with E-state index < -0.39 is 14.4 Å². The fourth-order valence-corrected chi connectivity index (χ4v) is 4.21. The lowest BCUT2D eigenvalue weighted by Crippen LogP contribution is -2.65. The zero-order chi connectivity index (χ0) is 19.8. The first-order chi connectivity index (χ1) is 12.6. The highest BCUT2D eigenvalue weighted by Gasteiger charge is 2.55. The van der Waals surface area contributed by atoms with Crippen molar-refractivity contribution in [2.45, 2.75) is 51.0 Å². The third-order valence-corrected chi connectivity index (χ3v) is 10.1. The second-order valence-electron chi connectivity index (χ2n) is 8.53. The molecule has 2 atom stereocenters. The van der Waals surface area contributed by atoms with Crippen molar-refractivity contribution in [3.63, 3.8) is 0 Å². The molecule has 2 unspecified atom stereocenters. The van der Waals surface area contributed by atoms with Gasteiger partial charge in [0.25, 0.3) is 11.8 Å². The van der Waals surface area contributed by atoms with E-state index in [0.717, 1.165) is 5.56 Å². The van der Waals surface area contributed by atoms with Crippen molar-refractivity contribution >= 4 is 20.1 Å². The topological polar surface area (TPSA) is 46.6 Å². The van der Waals surface area contributed by atoms with Gasteiger partial charge in [-0.2, -0.15) is 0 Å².